The molecule has 0 aliphatic carbocycles. The molecule has 0 bridgehead atoms. The third kappa shape index (κ3) is 15.6. The maximum atomic E-state index is 12.8. The van der Waals surface area contributed by atoms with Crippen molar-refractivity contribution in [3.05, 3.63) is 53.6 Å². The van der Waals surface area contributed by atoms with Crippen molar-refractivity contribution in [2.24, 2.45) is 11.7 Å². The Balaban J connectivity index is 0.000000669. The molecule has 1 aromatic carbocycles. The number of benzene rings is 1. The molecule has 1 aliphatic rings. The highest BCUT2D eigenvalue weighted by atomic mass is 19.4. The molecule has 1 aromatic rings. The van der Waals surface area contributed by atoms with Crippen LogP contribution < -0.4 is 10.5 Å². The summed E-state index contributed by atoms with van der Waals surface area (Å²) in [5.41, 5.74) is 5.61. The Bertz CT molecular complexity index is 913. The molecule has 0 amide bonds. The highest BCUT2D eigenvalue weighted by molar-refractivity contribution is 5.90. The molecule has 0 aromatic heterocycles. The zero-order valence-electron chi connectivity index (χ0n) is 19.8. The van der Waals surface area contributed by atoms with Crippen molar-refractivity contribution < 1.29 is 57.5 Å². The van der Waals surface area contributed by atoms with E-state index in [0.717, 1.165) is 25.6 Å². The number of halogens is 3. The van der Waals surface area contributed by atoms with E-state index in [1.807, 2.05) is 6.92 Å². The Morgan fingerprint density at radius 3 is 1.84 bits per heavy atom. The number of carbonyl (C=O) groups is 4. The van der Waals surface area contributed by atoms with Gasteiger partial charge in [0.2, 0.25) is 0 Å². The molecule has 0 spiro atoms. The van der Waals surface area contributed by atoms with Gasteiger partial charge in [-0.25, -0.2) is 19.2 Å². The van der Waals surface area contributed by atoms with Gasteiger partial charge in [0.15, 0.2) is 0 Å². The van der Waals surface area contributed by atoms with Gasteiger partial charge in [-0.15, -0.1) is 0 Å². The minimum atomic E-state index is -4.33. The van der Waals surface area contributed by atoms with Gasteiger partial charge in [0.1, 0.15) is 5.75 Å². The number of nitrogens with two attached hydrogens (primary N) is 1. The van der Waals surface area contributed by atoms with Crippen LogP contribution in [0.15, 0.2) is 42.5 Å². The van der Waals surface area contributed by atoms with Crippen molar-refractivity contribution in [2.45, 2.75) is 26.1 Å². The standard InChI is InChI=1S/C15H21F3N2O.2C4H4O4/c1-2-21-14-4-3-13(15(16,17)18)7-12(14)10-20-6-5-11(8-19)9-20;2*5-3(6)1-2-4(7)8/h3-4,7,11H,2,5-6,8-10,19H2,1H3;2*1-2H,(H,5,6)(H,7,8)/b;2*2-1+/t11-;;/m0../s1. The first-order chi connectivity index (χ1) is 17.2. The number of ether oxygens (including phenoxy) is 1. The van der Waals surface area contributed by atoms with Crippen LogP contribution in [0.3, 0.4) is 0 Å². The lowest BCUT2D eigenvalue weighted by molar-refractivity contribution is -0.138. The van der Waals surface area contributed by atoms with E-state index < -0.39 is 35.6 Å². The van der Waals surface area contributed by atoms with E-state index in [9.17, 15) is 32.3 Å². The quantitative estimate of drug-likeness (QED) is 0.293. The summed E-state index contributed by atoms with van der Waals surface area (Å²) in [5, 5.41) is 31.2. The maximum absolute atomic E-state index is 12.8. The maximum Gasteiger partial charge on any atom is 0.416 e. The number of hydrogen-bond donors (Lipinski definition) is 5. The van der Waals surface area contributed by atoms with E-state index in [1.54, 1.807) is 0 Å². The summed E-state index contributed by atoms with van der Waals surface area (Å²) in [5.74, 6) is -4.06. The summed E-state index contributed by atoms with van der Waals surface area (Å²) >= 11 is 0. The normalized spacial score (nSPS) is 15.4. The molecule has 1 fully saturated rings. The number of rotatable bonds is 9. The molecule has 0 unspecified atom stereocenters. The van der Waals surface area contributed by atoms with Crippen molar-refractivity contribution in [1.29, 1.82) is 0 Å². The topological polar surface area (TPSA) is 188 Å². The largest absolute Gasteiger partial charge is 0.494 e. The summed E-state index contributed by atoms with van der Waals surface area (Å²) in [6.45, 7) is 5.04. The van der Waals surface area contributed by atoms with Crippen molar-refractivity contribution in [3.63, 3.8) is 0 Å². The van der Waals surface area contributed by atoms with Crippen LogP contribution in [0.25, 0.3) is 0 Å². The molecule has 1 aliphatic heterocycles. The molecule has 206 valence electrons. The number of hydrogen-bond acceptors (Lipinski definition) is 7. The van der Waals surface area contributed by atoms with Gasteiger partial charge >= 0.3 is 30.1 Å². The van der Waals surface area contributed by atoms with Crippen LogP contribution in [-0.4, -0.2) is 75.4 Å². The molecule has 14 heteroatoms. The molecule has 6 N–H and O–H groups in total. The first-order valence-electron chi connectivity index (χ1n) is 10.7. The van der Waals surface area contributed by atoms with E-state index in [0.29, 0.717) is 61.2 Å². The molecule has 37 heavy (non-hydrogen) atoms. The Morgan fingerprint density at radius 2 is 1.49 bits per heavy atom. The lowest BCUT2D eigenvalue weighted by Gasteiger charge is -2.19. The predicted octanol–water partition coefficient (Wildman–Crippen LogP) is 2.31. The van der Waals surface area contributed by atoms with E-state index in [1.165, 1.54) is 12.1 Å². The number of likely N-dealkylation sites (tertiary alicyclic amines) is 1. The number of nitrogens with zero attached hydrogens (tertiary/aromatic N) is 1. The van der Waals surface area contributed by atoms with Crippen molar-refractivity contribution in [1.82, 2.24) is 4.90 Å². The number of alkyl halides is 3. The summed E-state index contributed by atoms with van der Waals surface area (Å²) in [6, 6.07) is 3.68. The Morgan fingerprint density at radius 1 is 1.00 bits per heavy atom. The lowest BCUT2D eigenvalue weighted by atomic mass is 10.1. The summed E-state index contributed by atoms with van der Waals surface area (Å²) < 4.78 is 44.0. The van der Waals surface area contributed by atoms with Gasteiger partial charge in [-0.05, 0) is 50.6 Å². The van der Waals surface area contributed by atoms with Gasteiger partial charge in [-0.1, -0.05) is 0 Å². The van der Waals surface area contributed by atoms with E-state index >= 15 is 0 Å². The summed E-state index contributed by atoms with van der Waals surface area (Å²) in [4.78, 5) is 40.3. The zero-order chi connectivity index (χ0) is 28.6. The summed E-state index contributed by atoms with van der Waals surface area (Å²) in [6.07, 6.45) is -1.10. The van der Waals surface area contributed by atoms with Crippen LogP contribution in [0.4, 0.5) is 13.2 Å². The number of aliphatic carboxylic acids is 4. The third-order valence-electron chi connectivity index (χ3n) is 4.52. The SMILES string of the molecule is CCOc1ccc(C(F)(F)F)cc1CN1CC[C@@H](CN)C1.O=C(O)/C=C/C(=O)O.O=C(O)/C=C/C(=O)O. The van der Waals surface area contributed by atoms with Gasteiger partial charge in [-0.3, -0.25) is 4.90 Å². The minimum Gasteiger partial charge on any atom is -0.494 e. The smallest absolute Gasteiger partial charge is 0.416 e. The average molecular weight is 534 g/mol. The zero-order valence-corrected chi connectivity index (χ0v) is 19.8. The number of carboxylic acid groups (broad SMARTS) is 4. The third-order valence-corrected chi connectivity index (χ3v) is 4.52. The highest BCUT2D eigenvalue weighted by Gasteiger charge is 2.31. The fourth-order valence-corrected chi connectivity index (χ4v) is 2.95. The molecule has 0 radical (unpaired) electrons. The fourth-order valence-electron chi connectivity index (χ4n) is 2.95. The lowest BCUT2D eigenvalue weighted by Crippen LogP contribution is -2.23. The summed E-state index contributed by atoms with van der Waals surface area (Å²) in [7, 11) is 0. The van der Waals surface area contributed by atoms with E-state index in [4.69, 9.17) is 30.9 Å². The Labute approximate surface area is 210 Å². The van der Waals surface area contributed by atoms with Crippen LogP contribution >= 0.6 is 0 Å². The Hall–Kier alpha value is -3.91. The van der Waals surface area contributed by atoms with Gasteiger partial charge in [-0.2, -0.15) is 13.2 Å². The fraction of sp³-hybridized carbons (Fsp3) is 0.391. The van der Waals surface area contributed by atoms with E-state index in [2.05, 4.69) is 4.90 Å². The molecular formula is C23H29F3N2O9. The molecular weight excluding hydrogens is 505 g/mol. The van der Waals surface area contributed by atoms with Crippen LogP contribution in [0.5, 0.6) is 5.75 Å². The van der Waals surface area contributed by atoms with E-state index in [-0.39, 0.29) is 0 Å². The molecule has 11 nitrogen and oxygen atoms in total. The monoisotopic (exact) mass is 534 g/mol. The molecule has 0 saturated carbocycles. The second-order valence-electron chi connectivity index (χ2n) is 7.40. The van der Waals surface area contributed by atoms with Crippen LogP contribution in [0.1, 0.15) is 24.5 Å². The highest BCUT2D eigenvalue weighted by Crippen LogP contribution is 2.33. The first kappa shape index (κ1) is 33.1. The predicted molar refractivity (Wildman–Crippen MR) is 124 cm³/mol. The Kier molecular flexibility index (Phi) is 14.9. The van der Waals surface area contributed by atoms with Crippen molar-refractivity contribution >= 4 is 23.9 Å². The van der Waals surface area contributed by atoms with Crippen molar-refractivity contribution in [3.8, 4) is 5.75 Å². The number of carboxylic acids is 4. The minimum absolute atomic E-state index is 0.434. The molecule has 2 rings (SSSR count). The van der Waals surface area contributed by atoms with Gasteiger partial charge in [0.25, 0.3) is 0 Å². The van der Waals surface area contributed by atoms with Gasteiger partial charge in [0, 0.05) is 43.0 Å². The van der Waals surface area contributed by atoms with Gasteiger partial charge in [0.05, 0.1) is 12.2 Å². The molecule has 1 heterocycles. The molecule has 1 atom stereocenters. The van der Waals surface area contributed by atoms with Crippen LogP contribution in [0, 0.1) is 5.92 Å². The second-order valence-corrected chi connectivity index (χ2v) is 7.40. The first-order valence-corrected chi connectivity index (χ1v) is 10.7. The van der Waals surface area contributed by atoms with Gasteiger partial charge < -0.3 is 30.9 Å². The van der Waals surface area contributed by atoms with Crippen molar-refractivity contribution in [2.75, 3.05) is 26.2 Å². The van der Waals surface area contributed by atoms with Crippen LogP contribution in [0.2, 0.25) is 0 Å². The van der Waals surface area contributed by atoms with Crippen LogP contribution in [-0.2, 0) is 31.9 Å². The average Bonchev–Trinajstić information content (AvgIpc) is 3.25. The molecule has 1 saturated heterocycles. The second kappa shape index (κ2) is 16.7.